The lowest BCUT2D eigenvalue weighted by Gasteiger charge is -2.24. The molecule has 0 fully saturated rings. The lowest BCUT2D eigenvalue weighted by Crippen LogP contribution is -2.39. The van der Waals surface area contributed by atoms with Crippen molar-refractivity contribution in [2.75, 3.05) is 20.0 Å². The topological polar surface area (TPSA) is 69.9 Å². The molecule has 3 aromatic carbocycles. The van der Waals surface area contributed by atoms with Crippen LogP contribution in [0.4, 0.5) is 0 Å². The molecule has 0 unspecified atom stereocenters. The number of thiazole rings is 1. The first kappa shape index (κ1) is 25.0. The molecule has 2 heterocycles. The molecule has 4 aromatic rings. The molecule has 1 atom stereocenters. The number of fused-ring (bicyclic) bond motifs is 2. The second-order valence-corrected chi connectivity index (χ2v) is 10.4. The number of rotatable bonds is 6. The Hall–Kier alpha value is -3.62. The predicted molar refractivity (Wildman–Crippen MR) is 149 cm³/mol. The lowest BCUT2D eigenvalue weighted by molar-refractivity contribution is -0.139. The molecule has 8 heteroatoms. The highest BCUT2D eigenvalue weighted by molar-refractivity contribution is 7.98. The Morgan fingerprint density at radius 3 is 2.59 bits per heavy atom. The Balaban J connectivity index is 1.77. The molecule has 0 bridgehead atoms. The number of methoxy groups -OCH3 is 1. The van der Waals surface area contributed by atoms with Gasteiger partial charge in [-0.15, -0.1) is 11.8 Å². The molecule has 0 saturated heterocycles. The van der Waals surface area contributed by atoms with Gasteiger partial charge in [-0.1, -0.05) is 53.8 Å². The van der Waals surface area contributed by atoms with Gasteiger partial charge in [0.2, 0.25) is 0 Å². The van der Waals surface area contributed by atoms with Gasteiger partial charge < -0.3 is 9.47 Å². The van der Waals surface area contributed by atoms with E-state index in [0.717, 1.165) is 26.8 Å². The maximum atomic E-state index is 14.0. The first-order valence-electron chi connectivity index (χ1n) is 11.9. The predicted octanol–water partition coefficient (Wildman–Crippen LogP) is 4.68. The summed E-state index contributed by atoms with van der Waals surface area (Å²) in [5.41, 5.74) is 2.36. The Morgan fingerprint density at radius 2 is 1.89 bits per heavy atom. The van der Waals surface area contributed by atoms with Gasteiger partial charge in [-0.25, -0.2) is 9.79 Å². The Labute approximate surface area is 222 Å². The lowest BCUT2D eigenvalue weighted by atomic mass is 9.96. The maximum absolute atomic E-state index is 14.0. The van der Waals surface area contributed by atoms with Crippen molar-refractivity contribution in [2.45, 2.75) is 24.8 Å². The summed E-state index contributed by atoms with van der Waals surface area (Å²) >= 11 is 2.94. The van der Waals surface area contributed by atoms with Gasteiger partial charge in [0.05, 0.1) is 35.6 Å². The van der Waals surface area contributed by atoms with Crippen molar-refractivity contribution in [2.24, 2.45) is 4.99 Å². The van der Waals surface area contributed by atoms with E-state index in [2.05, 4.69) is 4.99 Å². The summed E-state index contributed by atoms with van der Waals surface area (Å²) < 4.78 is 13.2. The highest BCUT2D eigenvalue weighted by Gasteiger charge is 2.33. The van der Waals surface area contributed by atoms with Gasteiger partial charge in [0.15, 0.2) is 4.80 Å². The van der Waals surface area contributed by atoms with Crippen molar-refractivity contribution in [1.29, 1.82) is 0 Å². The Bertz CT molecular complexity index is 1720. The summed E-state index contributed by atoms with van der Waals surface area (Å²) in [4.78, 5) is 33.3. The van der Waals surface area contributed by atoms with Crippen LogP contribution in [0.2, 0.25) is 0 Å². The van der Waals surface area contributed by atoms with Crippen LogP contribution in [0.3, 0.4) is 0 Å². The largest absolute Gasteiger partial charge is 0.496 e. The number of thioether (sulfide) groups is 1. The van der Waals surface area contributed by atoms with Crippen LogP contribution in [0.1, 0.15) is 31.0 Å². The van der Waals surface area contributed by atoms with E-state index in [1.807, 2.05) is 73.0 Å². The third kappa shape index (κ3) is 4.51. The van der Waals surface area contributed by atoms with E-state index in [1.54, 1.807) is 37.3 Å². The Morgan fingerprint density at radius 1 is 1.14 bits per heavy atom. The van der Waals surface area contributed by atoms with Crippen LogP contribution in [0, 0.1) is 0 Å². The van der Waals surface area contributed by atoms with E-state index in [-0.39, 0.29) is 12.2 Å². The molecular weight excluding hydrogens is 504 g/mol. The second-order valence-electron chi connectivity index (χ2n) is 8.48. The summed E-state index contributed by atoms with van der Waals surface area (Å²) in [5.74, 6) is 0.213. The normalized spacial score (nSPS) is 15.5. The maximum Gasteiger partial charge on any atom is 0.338 e. The first-order chi connectivity index (χ1) is 18.0. The number of esters is 1. The molecule has 1 aromatic heterocycles. The van der Waals surface area contributed by atoms with Crippen molar-refractivity contribution in [3.05, 3.63) is 103 Å². The molecule has 0 N–H and O–H groups in total. The number of aromatic nitrogens is 1. The third-order valence-corrected chi connectivity index (χ3v) is 8.10. The number of hydrogen-bond donors (Lipinski definition) is 0. The molecule has 0 spiro atoms. The minimum absolute atomic E-state index is 0.216. The minimum atomic E-state index is -0.636. The zero-order valence-corrected chi connectivity index (χ0v) is 22.6. The molecule has 1 aliphatic rings. The number of nitrogens with zero attached hydrogens (tertiary/aromatic N) is 2. The molecular formula is C29H26N2O4S2. The van der Waals surface area contributed by atoms with Gasteiger partial charge >= 0.3 is 5.97 Å². The van der Waals surface area contributed by atoms with Gasteiger partial charge in [-0.2, -0.15) is 0 Å². The quantitative estimate of drug-likeness (QED) is 0.267. The van der Waals surface area contributed by atoms with Crippen molar-refractivity contribution < 1.29 is 14.3 Å². The average molecular weight is 531 g/mol. The van der Waals surface area contributed by atoms with E-state index in [0.29, 0.717) is 26.4 Å². The van der Waals surface area contributed by atoms with E-state index in [1.165, 1.54) is 11.3 Å². The van der Waals surface area contributed by atoms with Gasteiger partial charge in [-0.3, -0.25) is 9.36 Å². The van der Waals surface area contributed by atoms with Crippen LogP contribution < -0.4 is 19.6 Å². The third-order valence-electron chi connectivity index (χ3n) is 6.37. The standard InChI is InChI=1S/C29H26N2O4S2/c1-5-35-28(33)25-17(2)30-29-31(26(25)19-10-13-20(36-4)14-11-19)27(32)24(37-29)16-22-21-9-7-6-8-18(21)12-15-23(22)34-3/h6-16,26H,5H2,1-4H3/b24-16-/t26-/m0/s1. The van der Waals surface area contributed by atoms with Crippen LogP contribution in [-0.2, 0) is 9.53 Å². The smallest absolute Gasteiger partial charge is 0.338 e. The molecule has 1 aliphatic heterocycles. The average Bonchev–Trinajstić information content (AvgIpc) is 3.22. The van der Waals surface area contributed by atoms with Gasteiger partial charge in [0, 0.05) is 10.5 Å². The molecule has 5 rings (SSSR count). The van der Waals surface area contributed by atoms with Gasteiger partial charge in [0.1, 0.15) is 5.75 Å². The van der Waals surface area contributed by atoms with Gasteiger partial charge in [-0.05, 0) is 60.7 Å². The van der Waals surface area contributed by atoms with Gasteiger partial charge in [0.25, 0.3) is 5.56 Å². The molecule has 0 radical (unpaired) electrons. The number of ether oxygens (including phenoxy) is 2. The van der Waals surface area contributed by atoms with Crippen molar-refractivity contribution in [3.8, 4) is 5.75 Å². The van der Waals surface area contributed by atoms with Crippen molar-refractivity contribution >= 4 is 45.9 Å². The van der Waals surface area contributed by atoms with Crippen molar-refractivity contribution in [1.82, 2.24) is 4.57 Å². The van der Waals surface area contributed by atoms with Crippen LogP contribution in [-0.4, -0.2) is 30.5 Å². The monoisotopic (exact) mass is 530 g/mol. The highest BCUT2D eigenvalue weighted by atomic mass is 32.2. The zero-order valence-electron chi connectivity index (χ0n) is 21.0. The number of benzene rings is 3. The van der Waals surface area contributed by atoms with Crippen LogP contribution in [0.15, 0.2) is 86.6 Å². The fraction of sp³-hybridized carbons (Fsp3) is 0.207. The van der Waals surface area contributed by atoms with Crippen molar-refractivity contribution in [3.63, 3.8) is 0 Å². The zero-order chi connectivity index (χ0) is 26.1. The number of carbonyl (C=O) groups excluding carboxylic acids is 1. The summed E-state index contributed by atoms with van der Waals surface area (Å²) in [7, 11) is 1.62. The molecule has 6 nitrogen and oxygen atoms in total. The first-order valence-corrected chi connectivity index (χ1v) is 13.9. The van der Waals surface area contributed by atoms with E-state index in [4.69, 9.17) is 9.47 Å². The van der Waals surface area contributed by atoms with E-state index < -0.39 is 12.0 Å². The van der Waals surface area contributed by atoms with Crippen LogP contribution >= 0.6 is 23.1 Å². The fourth-order valence-electron chi connectivity index (χ4n) is 4.63. The minimum Gasteiger partial charge on any atom is -0.496 e. The van der Waals surface area contributed by atoms with E-state index >= 15 is 0 Å². The number of allylic oxidation sites excluding steroid dienone is 1. The van der Waals surface area contributed by atoms with E-state index in [9.17, 15) is 9.59 Å². The van der Waals surface area contributed by atoms with Crippen LogP contribution in [0.25, 0.3) is 16.8 Å². The Kier molecular flexibility index (Phi) is 7.04. The number of hydrogen-bond acceptors (Lipinski definition) is 7. The molecule has 0 amide bonds. The molecule has 0 aliphatic carbocycles. The second kappa shape index (κ2) is 10.4. The molecule has 188 valence electrons. The summed E-state index contributed by atoms with van der Waals surface area (Å²) in [5, 5.41) is 2.04. The molecule has 0 saturated carbocycles. The summed E-state index contributed by atoms with van der Waals surface area (Å²) in [6.07, 6.45) is 3.87. The fourth-order valence-corrected chi connectivity index (χ4v) is 6.06. The summed E-state index contributed by atoms with van der Waals surface area (Å²) in [6.45, 7) is 3.79. The summed E-state index contributed by atoms with van der Waals surface area (Å²) in [6, 6.07) is 19.2. The van der Waals surface area contributed by atoms with Crippen LogP contribution in [0.5, 0.6) is 5.75 Å². The SMILES string of the molecule is CCOC(=O)C1=C(C)N=c2s/c(=C\c3c(OC)ccc4ccccc34)c(=O)n2[C@H]1c1ccc(SC)cc1. The number of carbonyl (C=O) groups is 1. The highest BCUT2D eigenvalue weighted by Crippen LogP contribution is 2.32. The molecule has 37 heavy (non-hydrogen) atoms.